The Morgan fingerprint density at radius 1 is 1.50 bits per heavy atom. The summed E-state index contributed by atoms with van der Waals surface area (Å²) in [5.41, 5.74) is 0. The molecule has 18 heavy (non-hydrogen) atoms. The maximum absolute atomic E-state index is 11.0. The highest BCUT2D eigenvalue weighted by molar-refractivity contribution is 7.99. The Bertz CT molecular complexity index is 287. The van der Waals surface area contributed by atoms with E-state index in [2.05, 4.69) is 4.90 Å². The van der Waals surface area contributed by atoms with Gasteiger partial charge in [-0.25, -0.2) is 0 Å². The van der Waals surface area contributed by atoms with Gasteiger partial charge < -0.3 is 9.84 Å². The van der Waals surface area contributed by atoms with Crippen LogP contribution in [0.4, 0.5) is 0 Å². The molecule has 2 fully saturated rings. The summed E-state index contributed by atoms with van der Waals surface area (Å²) in [7, 11) is 1.79. The van der Waals surface area contributed by atoms with Crippen molar-refractivity contribution in [1.82, 2.24) is 4.90 Å². The van der Waals surface area contributed by atoms with Crippen LogP contribution in [0, 0.1) is 0 Å². The summed E-state index contributed by atoms with van der Waals surface area (Å²) in [4.78, 5) is 13.4. The van der Waals surface area contributed by atoms with Gasteiger partial charge in [-0.15, -0.1) is 0 Å². The van der Waals surface area contributed by atoms with Crippen molar-refractivity contribution in [3.63, 3.8) is 0 Å². The molecule has 3 unspecified atom stereocenters. The number of thioether (sulfide) groups is 1. The van der Waals surface area contributed by atoms with Crippen molar-refractivity contribution in [3.8, 4) is 0 Å². The number of methoxy groups -OCH3 is 1. The molecule has 5 heteroatoms. The molecule has 4 nitrogen and oxygen atoms in total. The lowest BCUT2D eigenvalue weighted by atomic mass is 9.90. The first-order valence-corrected chi connectivity index (χ1v) is 7.94. The number of rotatable bonds is 4. The predicted molar refractivity (Wildman–Crippen MR) is 73.1 cm³/mol. The summed E-state index contributed by atoms with van der Waals surface area (Å²) in [5, 5.41) is 9.02. The van der Waals surface area contributed by atoms with E-state index in [1.165, 1.54) is 12.8 Å². The summed E-state index contributed by atoms with van der Waals surface area (Å²) in [6.07, 6.45) is 5.26. The van der Waals surface area contributed by atoms with Gasteiger partial charge in [0.25, 0.3) is 0 Å². The number of carboxylic acids is 1. The lowest BCUT2D eigenvalue weighted by Gasteiger charge is -2.43. The first-order chi connectivity index (χ1) is 8.70. The van der Waals surface area contributed by atoms with Crippen LogP contribution in [0.2, 0.25) is 0 Å². The summed E-state index contributed by atoms with van der Waals surface area (Å²) < 4.78 is 5.48. The molecule has 1 N–H and O–H groups in total. The van der Waals surface area contributed by atoms with Gasteiger partial charge in [-0.05, 0) is 25.7 Å². The van der Waals surface area contributed by atoms with Gasteiger partial charge in [0.2, 0.25) is 0 Å². The molecule has 104 valence electrons. The Morgan fingerprint density at radius 3 is 3.06 bits per heavy atom. The molecule has 2 rings (SSSR count). The second kappa shape index (κ2) is 6.78. The number of carbonyl (C=O) groups is 1. The van der Waals surface area contributed by atoms with E-state index in [1.54, 1.807) is 7.11 Å². The van der Waals surface area contributed by atoms with Gasteiger partial charge in [0.05, 0.1) is 12.5 Å². The van der Waals surface area contributed by atoms with Crippen molar-refractivity contribution in [1.29, 1.82) is 0 Å². The molecule has 0 aromatic rings. The molecule has 1 saturated carbocycles. The topological polar surface area (TPSA) is 49.8 Å². The van der Waals surface area contributed by atoms with E-state index in [0.717, 1.165) is 30.9 Å². The lowest BCUT2D eigenvalue weighted by Crippen LogP contribution is -2.51. The number of ether oxygens (including phenoxy) is 1. The van der Waals surface area contributed by atoms with E-state index in [9.17, 15) is 4.79 Å². The van der Waals surface area contributed by atoms with Crippen molar-refractivity contribution in [2.45, 2.75) is 50.3 Å². The first-order valence-electron chi connectivity index (χ1n) is 6.78. The third-order valence-electron chi connectivity index (χ3n) is 4.08. The Balaban J connectivity index is 1.96. The van der Waals surface area contributed by atoms with Crippen LogP contribution < -0.4 is 0 Å². The van der Waals surface area contributed by atoms with Crippen molar-refractivity contribution in [2.75, 3.05) is 25.2 Å². The van der Waals surface area contributed by atoms with Crippen LogP contribution in [0.15, 0.2) is 0 Å². The third kappa shape index (κ3) is 3.62. The average Bonchev–Trinajstić information content (AvgIpc) is 2.39. The van der Waals surface area contributed by atoms with Gasteiger partial charge in [0.15, 0.2) is 0 Å². The SMILES string of the molecule is COC1CCCC(N2CCSCC2CC(=O)O)C1. The predicted octanol–water partition coefficient (Wildman–Crippen LogP) is 1.84. The van der Waals surface area contributed by atoms with Crippen molar-refractivity contribution in [3.05, 3.63) is 0 Å². The molecule has 0 aromatic heterocycles. The number of hydrogen-bond donors (Lipinski definition) is 1. The van der Waals surface area contributed by atoms with Crippen LogP contribution in [0.25, 0.3) is 0 Å². The van der Waals surface area contributed by atoms with Crippen molar-refractivity contribution in [2.24, 2.45) is 0 Å². The van der Waals surface area contributed by atoms with E-state index < -0.39 is 5.97 Å². The van der Waals surface area contributed by atoms with Gasteiger partial charge in [-0.1, -0.05) is 0 Å². The highest BCUT2D eigenvalue weighted by Gasteiger charge is 2.33. The fraction of sp³-hybridized carbons (Fsp3) is 0.923. The zero-order valence-corrected chi connectivity index (χ0v) is 11.8. The van der Waals surface area contributed by atoms with Crippen LogP contribution in [-0.2, 0) is 9.53 Å². The molecular weight excluding hydrogens is 250 g/mol. The maximum Gasteiger partial charge on any atom is 0.304 e. The molecule has 1 saturated heterocycles. The number of nitrogens with zero attached hydrogens (tertiary/aromatic N) is 1. The quantitative estimate of drug-likeness (QED) is 0.847. The van der Waals surface area contributed by atoms with Crippen LogP contribution in [-0.4, -0.2) is 59.3 Å². The van der Waals surface area contributed by atoms with Gasteiger partial charge in [-0.2, -0.15) is 11.8 Å². The molecule has 1 heterocycles. The van der Waals surface area contributed by atoms with E-state index in [1.807, 2.05) is 11.8 Å². The van der Waals surface area contributed by atoms with Crippen LogP contribution in [0.5, 0.6) is 0 Å². The highest BCUT2D eigenvalue weighted by Crippen LogP contribution is 2.30. The Kier molecular flexibility index (Phi) is 5.33. The van der Waals surface area contributed by atoms with Crippen molar-refractivity contribution < 1.29 is 14.6 Å². The zero-order valence-electron chi connectivity index (χ0n) is 11.0. The van der Waals surface area contributed by atoms with Gasteiger partial charge >= 0.3 is 5.97 Å². The fourth-order valence-electron chi connectivity index (χ4n) is 3.16. The first kappa shape index (κ1) is 14.2. The number of hydrogen-bond acceptors (Lipinski definition) is 4. The number of aliphatic carboxylic acids is 1. The monoisotopic (exact) mass is 273 g/mol. The summed E-state index contributed by atoms with van der Waals surface area (Å²) in [6, 6.07) is 0.732. The fourth-order valence-corrected chi connectivity index (χ4v) is 4.25. The summed E-state index contributed by atoms with van der Waals surface area (Å²) >= 11 is 1.88. The van der Waals surface area contributed by atoms with E-state index in [0.29, 0.717) is 12.1 Å². The van der Waals surface area contributed by atoms with Gasteiger partial charge in [-0.3, -0.25) is 9.69 Å². The molecule has 3 atom stereocenters. The Labute approximate surface area is 113 Å². The Morgan fingerprint density at radius 2 is 2.33 bits per heavy atom. The normalized spacial score (nSPS) is 34.4. The molecule has 2 aliphatic rings. The molecule has 0 spiro atoms. The lowest BCUT2D eigenvalue weighted by molar-refractivity contribution is -0.138. The molecule has 0 bridgehead atoms. The minimum Gasteiger partial charge on any atom is -0.481 e. The maximum atomic E-state index is 11.0. The van der Waals surface area contributed by atoms with Gasteiger partial charge in [0.1, 0.15) is 0 Å². The molecule has 1 aliphatic carbocycles. The molecule has 0 radical (unpaired) electrons. The Hall–Kier alpha value is -0.260. The third-order valence-corrected chi connectivity index (χ3v) is 5.18. The summed E-state index contributed by atoms with van der Waals surface area (Å²) in [6.45, 7) is 1.03. The number of carboxylic acid groups (broad SMARTS) is 1. The molecule has 1 aliphatic heterocycles. The summed E-state index contributed by atoms with van der Waals surface area (Å²) in [5.74, 6) is 1.41. The van der Waals surface area contributed by atoms with Gasteiger partial charge in [0, 0.05) is 37.2 Å². The molecule has 0 amide bonds. The highest BCUT2D eigenvalue weighted by atomic mass is 32.2. The molecular formula is C13H23NO3S. The van der Waals surface area contributed by atoms with E-state index in [-0.39, 0.29) is 12.5 Å². The largest absolute Gasteiger partial charge is 0.481 e. The minimum atomic E-state index is -0.674. The van der Waals surface area contributed by atoms with Crippen LogP contribution >= 0.6 is 11.8 Å². The van der Waals surface area contributed by atoms with Crippen molar-refractivity contribution >= 4 is 17.7 Å². The van der Waals surface area contributed by atoms with E-state index in [4.69, 9.17) is 9.84 Å². The zero-order chi connectivity index (χ0) is 13.0. The smallest absolute Gasteiger partial charge is 0.304 e. The average molecular weight is 273 g/mol. The minimum absolute atomic E-state index is 0.210. The second-order valence-electron chi connectivity index (χ2n) is 5.24. The van der Waals surface area contributed by atoms with Crippen LogP contribution in [0.3, 0.4) is 0 Å². The van der Waals surface area contributed by atoms with Crippen LogP contribution in [0.1, 0.15) is 32.1 Å². The second-order valence-corrected chi connectivity index (χ2v) is 6.39. The van der Waals surface area contributed by atoms with E-state index >= 15 is 0 Å². The standard InChI is InChI=1S/C13H23NO3S/c1-17-12-4-2-3-10(7-12)14-5-6-18-9-11(14)8-13(15)16/h10-12H,2-9H2,1H3,(H,15,16). The molecule has 0 aromatic carbocycles.